The van der Waals surface area contributed by atoms with E-state index >= 15 is 0 Å². The van der Waals surface area contributed by atoms with E-state index in [0.29, 0.717) is 11.8 Å². The van der Waals surface area contributed by atoms with E-state index in [2.05, 4.69) is 25.9 Å². The van der Waals surface area contributed by atoms with Crippen molar-refractivity contribution in [1.82, 2.24) is 19.9 Å². The van der Waals surface area contributed by atoms with Crippen LogP contribution in [-0.2, 0) is 4.79 Å². The average Bonchev–Trinajstić information content (AvgIpc) is 3.46. The monoisotopic (exact) mass is 323 g/mol. The summed E-state index contributed by atoms with van der Waals surface area (Å²) in [5.41, 5.74) is 1.19. The molecule has 2 aromatic heterocycles. The SMILES string of the molecule is O=C([C@@H]1C[C@@H]1c1cccnc1)N1CCCN(c2ncccn2)CC1. The maximum Gasteiger partial charge on any atom is 0.226 e. The molecule has 0 aromatic carbocycles. The fourth-order valence-corrected chi connectivity index (χ4v) is 3.46. The molecular formula is C18H21N5O. The minimum absolute atomic E-state index is 0.133. The number of aromatic nitrogens is 3. The van der Waals surface area contributed by atoms with Crippen molar-refractivity contribution in [2.75, 3.05) is 31.1 Å². The summed E-state index contributed by atoms with van der Waals surface area (Å²) in [5, 5.41) is 0. The van der Waals surface area contributed by atoms with Crippen molar-refractivity contribution in [3.63, 3.8) is 0 Å². The molecule has 1 saturated carbocycles. The van der Waals surface area contributed by atoms with Crippen molar-refractivity contribution in [2.45, 2.75) is 18.8 Å². The van der Waals surface area contributed by atoms with E-state index in [0.717, 1.165) is 45.0 Å². The van der Waals surface area contributed by atoms with Gasteiger partial charge in [0.05, 0.1) is 0 Å². The van der Waals surface area contributed by atoms with Gasteiger partial charge in [0.2, 0.25) is 11.9 Å². The highest BCUT2D eigenvalue weighted by Crippen LogP contribution is 2.48. The fraction of sp³-hybridized carbons (Fsp3) is 0.444. The Morgan fingerprint density at radius 2 is 1.92 bits per heavy atom. The summed E-state index contributed by atoms with van der Waals surface area (Å²) >= 11 is 0. The standard InChI is InChI=1S/C18H21N5O/c24-17(16-12-15(16)14-4-1-5-19-13-14)22-8-3-9-23(11-10-22)18-20-6-2-7-21-18/h1-2,4-7,13,15-16H,3,8-12H2/t15-,16-/m1/s1. The Labute approximate surface area is 141 Å². The summed E-state index contributed by atoms with van der Waals surface area (Å²) in [6.45, 7) is 3.25. The van der Waals surface area contributed by atoms with Gasteiger partial charge in [-0.2, -0.15) is 0 Å². The zero-order valence-corrected chi connectivity index (χ0v) is 13.6. The van der Waals surface area contributed by atoms with E-state index in [1.165, 1.54) is 5.56 Å². The van der Waals surface area contributed by atoms with Crippen molar-refractivity contribution >= 4 is 11.9 Å². The highest BCUT2D eigenvalue weighted by Gasteiger charge is 2.45. The summed E-state index contributed by atoms with van der Waals surface area (Å²) < 4.78 is 0. The Bertz CT molecular complexity index is 693. The van der Waals surface area contributed by atoms with Crippen molar-refractivity contribution in [2.24, 2.45) is 5.92 Å². The maximum absolute atomic E-state index is 12.8. The molecule has 0 bridgehead atoms. The van der Waals surface area contributed by atoms with E-state index in [4.69, 9.17) is 0 Å². The molecule has 0 radical (unpaired) electrons. The van der Waals surface area contributed by atoms with Crippen LogP contribution in [-0.4, -0.2) is 51.9 Å². The summed E-state index contributed by atoms with van der Waals surface area (Å²) in [7, 11) is 0. The van der Waals surface area contributed by atoms with Gasteiger partial charge in [0.15, 0.2) is 0 Å². The highest BCUT2D eigenvalue weighted by atomic mass is 16.2. The smallest absolute Gasteiger partial charge is 0.226 e. The second-order valence-electron chi connectivity index (χ2n) is 6.45. The highest BCUT2D eigenvalue weighted by molar-refractivity contribution is 5.83. The van der Waals surface area contributed by atoms with Gasteiger partial charge in [-0.15, -0.1) is 0 Å². The van der Waals surface area contributed by atoms with Crippen LogP contribution in [0.5, 0.6) is 0 Å². The van der Waals surface area contributed by atoms with Gasteiger partial charge in [0, 0.05) is 56.9 Å². The number of hydrogen-bond acceptors (Lipinski definition) is 5. The Hall–Kier alpha value is -2.50. The third-order valence-electron chi connectivity index (χ3n) is 4.86. The molecule has 1 aliphatic heterocycles. The van der Waals surface area contributed by atoms with Crippen LogP contribution in [0.15, 0.2) is 43.0 Å². The van der Waals surface area contributed by atoms with E-state index in [1.807, 2.05) is 23.2 Å². The van der Waals surface area contributed by atoms with Gasteiger partial charge in [0.1, 0.15) is 0 Å². The predicted molar refractivity (Wildman–Crippen MR) is 90.5 cm³/mol. The number of hydrogen-bond donors (Lipinski definition) is 0. The Kier molecular flexibility index (Phi) is 4.11. The molecule has 2 atom stereocenters. The van der Waals surface area contributed by atoms with E-state index in [9.17, 15) is 4.79 Å². The van der Waals surface area contributed by atoms with Crippen molar-refractivity contribution in [3.8, 4) is 0 Å². The molecule has 1 amide bonds. The second kappa shape index (κ2) is 6.55. The summed E-state index contributed by atoms with van der Waals surface area (Å²) in [5.74, 6) is 1.53. The number of nitrogens with zero attached hydrogens (tertiary/aromatic N) is 5. The topological polar surface area (TPSA) is 62.2 Å². The quantitative estimate of drug-likeness (QED) is 0.860. The summed E-state index contributed by atoms with van der Waals surface area (Å²) in [6, 6.07) is 5.84. The molecule has 2 aliphatic rings. The zero-order chi connectivity index (χ0) is 16.4. The lowest BCUT2D eigenvalue weighted by molar-refractivity contribution is -0.132. The average molecular weight is 323 g/mol. The molecular weight excluding hydrogens is 302 g/mol. The van der Waals surface area contributed by atoms with Crippen molar-refractivity contribution in [1.29, 1.82) is 0 Å². The van der Waals surface area contributed by atoms with Crippen LogP contribution in [0, 0.1) is 5.92 Å². The van der Waals surface area contributed by atoms with Crippen LogP contribution in [0.3, 0.4) is 0 Å². The molecule has 0 N–H and O–H groups in total. The van der Waals surface area contributed by atoms with Crippen molar-refractivity contribution in [3.05, 3.63) is 48.5 Å². The molecule has 6 heteroatoms. The number of rotatable bonds is 3. The van der Waals surface area contributed by atoms with Crippen LogP contribution in [0.4, 0.5) is 5.95 Å². The Morgan fingerprint density at radius 3 is 2.71 bits per heavy atom. The lowest BCUT2D eigenvalue weighted by atomic mass is 10.1. The van der Waals surface area contributed by atoms with Gasteiger partial charge in [-0.3, -0.25) is 9.78 Å². The third-order valence-corrected chi connectivity index (χ3v) is 4.86. The van der Waals surface area contributed by atoms with E-state index < -0.39 is 0 Å². The molecule has 0 unspecified atom stereocenters. The molecule has 1 saturated heterocycles. The molecule has 3 heterocycles. The molecule has 6 nitrogen and oxygen atoms in total. The van der Waals surface area contributed by atoms with Gasteiger partial charge in [-0.1, -0.05) is 6.07 Å². The third kappa shape index (κ3) is 3.09. The van der Waals surface area contributed by atoms with Gasteiger partial charge in [-0.05, 0) is 36.5 Å². The van der Waals surface area contributed by atoms with E-state index in [1.54, 1.807) is 18.6 Å². The first-order chi connectivity index (χ1) is 11.8. The minimum Gasteiger partial charge on any atom is -0.341 e. The first-order valence-corrected chi connectivity index (χ1v) is 8.53. The predicted octanol–water partition coefficient (Wildman–Crippen LogP) is 1.71. The Balaban J connectivity index is 1.37. The van der Waals surface area contributed by atoms with Gasteiger partial charge in [0.25, 0.3) is 0 Å². The lowest BCUT2D eigenvalue weighted by Crippen LogP contribution is -2.36. The summed E-state index contributed by atoms with van der Waals surface area (Å²) in [4.78, 5) is 29.8. The van der Waals surface area contributed by atoms with Crippen LogP contribution in [0.1, 0.15) is 24.3 Å². The maximum atomic E-state index is 12.8. The number of anilines is 1. The molecule has 24 heavy (non-hydrogen) atoms. The molecule has 2 fully saturated rings. The van der Waals surface area contributed by atoms with E-state index in [-0.39, 0.29) is 5.92 Å². The van der Waals surface area contributed by atoms with Crippen LogP contribution in [0.2, 0.25) is 0 Å². The molecule has 2 aromatic rings. The molecule has 1 aliphatic carbocycles. The molecule has 0 spiro atoms. The Morgan fingerprint density at radius 1 is 1.04 bits per heavy atom. The largest absolute Gasteiger partial charge is 0.341 e. The van der Waals surface area contributed by atoms with Gasteiger partial charge >= 0.3 is 0 Å². The number of carbonyl (C=O) groups is 1. The summed E-state index contributed by atoms with van der Waals surface area (Å²) in [6.07, 6.45) is 9.09. The molecule has 124 valence electrons. The van der Waals surface area contributed by atoms with Gasteiger partial charge < -0.3 is 9.80 Å². The van der Waals surface area contributed by atoms with Crippen molar-refractivity contribution < 1.29 is 4.79 Å². The number of pyridine rings is 1. The number of carbonyl (C=O) groups excluding carboxylic acids is 1. The van der Waals surface area contributed by atoms with Gasteiger partial charge in [-0.25, -0.2) is 9.97 Å². The zero-order valence-electron chi connectivity index (χ0n) is 13.6. The lowest BCUT2D eigenvalue weighted by Gasteiger charge is -2.22. The first kappa shape index (κ1) is 15.1. The van der Waals surface area contributed by atoms with Crippen LogP contribution >= 0.6 is 0 Å². The first-order valence-electron chi connectivity index (χ1n) is 8.53. The van der Waals surface area contributed by atoms with Crippen LogP contribution in [0.25, 0.3) is 0 Å². The normalized spacial score (nSPS) is 23.7. The second-order valence-corrected chi connectivity index (χ2v) is 6.45. The van der Waals surface area contributed by atoms with Crippen LogP contribution < -0.4 is 4.90 Å². The molecule has 4 rings (SSSR count). The minimum atomic E-state index is 0.133. The fourth-order valence-electron chi connectivity index (χ4n) is 3.46. The number of amides is 1.